The van der Waals surface area contributed by atoms with Crippen molar-refractivity contribution in [1.82, 2.24) is 5.32 Å². The number of hydrogen-bond acceptors (Lipinski definition) is 3. The lowest BCUT2D eigenvalue weighted by Gasteiger charge is -2.24. The highest BCUT2D eigenvalue weighted by molar-refractivity contribution is 5.85. The van der Waals surface area contributed by atoms with Crippen molar-refractivity contribution in [3.8, 4) is 0 Å². The maximum Gasteiger partial charge on any atom is 0.326 e. The Labute approximate surface area is 114 Å². The molecule has 1 heterocycles. The van der Waals surface area contributed by atoms with E-state index >= 15 is 0 Å². The molecule has 0 saturated carbocycles. The first kappa shape index (κ1) is 16.0. The molecule has 0 bridgehead atoms. The highest BCUT2D eigenvalue weighted by Crippen LogP contribution is 2.32. The molecule has 1 rings (SSSR count). The van der Waals surface area contributed by atoms with Gasteiger partial charge in [-0.15, -0.1) is 0 Å². The quantitative estimate of drug-likeness (QED) is 0.797. The number of carboxylic acid groups (broad SMARTS) is 1. The maximum atomic E-state index is 12.3. The number of ether oxygens (including phenoxy) is 1. The first-order valence-corrected chi connectivity index (χ1v) is 6.98. The zero-order chi connectivity index (χ0) is 14.7. The average Bonchev–Trinajstić information content (AvgIpc) is 2.58. The Morgan fingerprint density at radius 2 is 1.84 bits per heavy atom. The number of amides is 1. The van der Waals surface area contributed by atoms with Crippen LogP contribution in [0.3, 0.4) is 0 Å². The highest BCUT2D eigenvalue weighted by atomic mass is 16.5. The number of carbonyl (C=O) groups excluding carboxylic acids is 1. The van der Waals surface area contributed by atoms with E-state index in [1.54, 1.807) is 0 Å². The minimum atomic E-state index is -0.977. The summed E-state index contributed by atoms with van der Waals surface area (Å²) in [4.78, 5) is 23.5. The smallest absolute Gasteiger partial charge is 0.326 e. The van der Waals surface area contributed by atoms with Gasteiger partial charge in [0.1, 0.15) is 6.04 Å². The third-order valence-electron chi connectivity index (χ3n) is 4.32. The van der Waals surface area contributed by atoms with E-state index in [-0.39, 0.29) is 35.9 Å². The second-order valence-electron chi connectivity index (χ2n) is 5.64. The van der Waals surface area contributed by atoms with E-state index in [1.165, 1.54) is 0 Å². The van der Waals surface area contributed by atoms with E-state index < -0.39 is 12.0 Å². The van der Waals surface area contributed by atoms with Crippen LogP contribution in [0, 0.1) is 17.8 Å². The van der Waals surface area contributed by atoms with Gasteiger partial charge in [-0.25, -0.2) is 4.79 Å². The van der Waals surface area contributed by atoms with Gasteiger partial charge in [0.2, 0.25) is 5.91 Å². The van der Waals surface area contributed by atoms with Gasteiger partial charge >= 0.3 is 5.97 Å². The summed E-state index contributed by atoms with van der Waals surface area (Å²) in [5.74, 6) is -1.46. The summed E-state index contributed by atoms with van der Waals surface area (Å²) in [6, 6.07) is -0.826. The normalized spacial score (nSPS) is 33.7. The van der Waals surface area contributed by atoms with Gasteiger partial charge in [0.05, 0.1) is 18.1 Å². The van der Waals surface area contributed by atoms with E-state index in [0.29, 0.717) is 6.42 Å². The van der Waals surface area contributed by atoms with Crippen molar-refractivity contribution in [2.75, 3.05) is 0 Å². The number of hydrogen-bond donors (Lipinski definition) is 2. The molecule has 1 amide bonds. The number of carbonyl (C=O) groups is 2. The summed E-state index contributed by atoms with van der Waals surface area (Å²) < 4.78 is 5.63. The standard InChI is InChI=1S/C14H25NO4/c1-6-7(2)12(14(17)18)15-13(16)11-8(3)9(4)19-10(11)5/h7-12H,6H2,1-5H3,(H,15,16)(H,17,18)/t7-,8?,9?,10?,11?,12-/m0/s1. The summed E-state index contributed by atoms with van der Waals surface area (Å²) in [5.41, 5.74) is 0. The zero-order valence-electron chi connectivity index (χ0n) is 12.3. The number of aliphatic carboxylic acids is 1. The van der Waals surface area contributed by atoms with E-state index in [0.717, 1.165) is 0 Å². The van der Waals surface area contributed by atoms with E-state index in [1.807, 2.05) is 34.6 Å². The minimum absolute atomic E-state index is 0.0256. The average molecular weight is 271 g/mol. The Bertz CT molecular complexity index is 344. The molecule has 1 saturated heterocycles. The van der Waals surface area contributed by atoms with Gasteiger partial charge in [0.25, 0.3) is 0 Å². The third kappa shape index (κ3) is 3.47. The fourth-order valence-electron chi connectivity index (χ4n) is 2.65. The van der Waals surface area contributed by atoms with Gasteiger partial charge < -0.3 is 15.2 Å². The van der Waals surface area contributed by atoms with Crippen LogP contribution in [-0.4, -0.2) is 35.2 Å². The molecule has 19 heavy (non-hydrogen) atoms. The number of carboxylic acids is 1. The van der Waals surface area contributed by atoms with E-state index in [9.17, 15) is 14.7 Å². The van der Waals surface area contributed by atoms with Crippen LogP contribution < -0.4 is 5.32 Å². The second kappa shape index (κ2) is 6.37. The van der Waals surface area contributed by atoms with Crippen molar-refractivity contribution in [2.24, 2.45) is 17.8 Å². The van der Waals surface area contributed by atoms with Crippen LogP contribution in [-0.2, 0) is 14.3 Å². The van der Waals surface area contributed by atoms with E-state index in [4.69, 9.17) is 4.74 Å². The fourth-order valence-corrected chi connectivity index (χ4v) is 2.65. The molecule has 0 aromatic heterocycles. The first-order chi connectivity index (χ1) is 8.79. The molecule has 1 fully saturated rings. The molecule has 5 nitrogen and oxygen atoms in total. The van der Waals surface area contributed by atoms with Crippen molar-refractivity contribution in [3.05, 3.63) is 0 Å². The Balaban J connectivity index is 2.75. The molecule has 6 atom stereocenters. The molecular weight excluding hydrogens is 246 g/mol. The molecule has 5 heteroatoms. The van der Waals surface area contributed by atoms with Crippen molar-refractivity contribution >= 4 is 11.9 Å². The van der Waals surface area contributed by atoms with Gasteiger partial charge in [0.15, 0.2) is 0 Å². The van der Waals surface area contributed by atoms with Crippen LogP contribution >= 0.6 is 0 Å². The molecule has 1 aliphatic rings. The van der Waals surface area contributed by atoms with Crippen LogP contribution in [0.15, 0.2) is 0 Å². The molecule has 0 radical (unpaired) electrons. The Morgan fingerprint density at radius 3 is 2.21 bits per heavy atom. The SMILES string of the molecule is CC[C@H](C)[C@H](NC(=O)C1C(C)OC(C)C1C)C(=O)O. The van der Waals surface area contributed by atoms with Gasteiger partial charge in [-0.2, -0.15) is 0 Å². The van der Waals surface area contributed by atoms with Crippen LogP contribution in [0.25, 0.3) is 0 Å². The van der Waals surface area contributed by atoms with Crippen LogP contribution in [0.5, 0.6) is 0 Å². The van der Waals surface area contributed by atoms with Crippen molar-refractivity contribution in [2.45, 2.75) is 59.3 Å². The van der Waals surface area contributed by atoms with E-state index in [2.05, 4.69) is 5.32 Å². The largest absolute Gasteiger partial charge is 0.480 e. The minimum Gasteiger partial charge on any atom is -0.480 e. The summed E-state index contributed by atoms with van der Waals surface area (Å²) >= 11 is 0. The molecule has 4 unspecified atom stereocenters. The van der Waals surface area contributed by atoms with Crippen LogP contribution in [0.2, 0.25) is 0 Å². The molecule has 0 aromatic rings. The second-order valence-corrected chi connectivity index (χ2v) is 5.64. The van der Waals surface area contributed by atoms with Gasteiger partial charge in [-0.05, 0) is 25.7 Å². The van der Waals surface area contributed by atoms with Gasteiger partial charge in [-0.1, -0.05) is 27.2 Å². The lowest BCUT2D eigenvalue weighted by Crippen LogP contribution is -2.49. The summed E-state index contributed by atoms with van der Waals surface area (Å²) in [6.45, 7) is 9.52. The first-order valence-electron chi connectivity index (χ1n) is 6.98. The van der Waals surface area contributed by atoms with Crippen LogP contribution in [0.4, 0.5) is 0 Å². The lowest BCUT2D eigenvalue weighted by atomic mass is 9.88. The van der Waals surface area contributed by atoms with Gasteiger partial charge in [-0.3, -0.25) is 4.79 Å². The maximum absolute atomic E-state index is 12.3. The van der Waals surface area contributed by atoms with Crippen molar-refractivity contribution in [3.63, 3.8) is 0 Å². The molecule has 0 spiro atoms. The summed E-state index contributed by atoms with van der Waals surface area (Å²) in [5, 5.41) is 11.9. The fraction of sp³-hybridized carbons (Fsp3) is 0.857. The Morgan fingerprint density at radius 1 is 1.26 bits per heavy atom. The molecular formula is C14H25NO4. The molecule has 0 aliphatic carbocycles. The number of rotatable bonds is 5. The Hall–Kier alpha value is -1.10. The predicted molar refractivity (Wildman–Crippen MR) is 71.7 cm³/mol. The van der Waals surface area contributed by atoms with Crippen LogP contribution in [0.1, 0.15) is 41.0 Å². The lowest BCUT2D eigenvalue weighted by molar-refractivity contribution is -0.144. The van der Waals surface area contributed by atoms with Crippen molar-refractivity contribution < 1.29 is 19.4 Å². The Kier molecular flexibility index (Phi) is 5.35. The zero-order valence-corrected chi connectivity index (χ0v) is 12.3. The summed E-state index contributed by atoms with van der Waals surface area (Å²) in [6.07, 6.45) is 0.564. The molecule has 2 N–H and O–H groups in total. The third-order valence-corrected chi connectivity index (χ3v) is 4.32. The molecule has 110 valence electrons. The van der Waals surface area contributed by atoms with Gasteiger partial charge in [0, 0.05) is 0 Å². The molecule has 1 aliphatic heterocycles. The number of nitrogens with one attached hydrogen (secondary N) is 1. The summed E-state index contributed by atoms with van der Waals surface area (Å²) in [7, 11) is 0. The molecule has 0 aromatic carbocycles. The topological polar surface area (TPSA) is 75.6 Å². The van der Waals surface area contributed by atoms with Crippen molar-refractivity contribution in [1.29, 1.82) is 0 Å². The predicted octanol–water partition coefficient (Wildman–Crippen LogP) is 1.66. The highest BCUT2D eigenvalue weighted by Gasteiger charge is 2.42. The monoisotopic (exact) mass is 271 g/mol.